The van der Waals surface area contributed by atoms with Crippen LogP contribution in [0.25, 0.3) is 0 Å². The Morgan fingerprint density at radius 3 is 2.67 bits per heavy atom. The molecule has 0 aromatic heterocycles. The van der Waals surface area contributed by atoms with Gasteiger partial charge in [0.1, 0.15) is 0 Å². The summed E-state index contributed by atoms with van der Waals surface area (Å²) in [4.78, 5) is 11.6. The highest BCUT2D eigenvalue weighted by Gasteiger charge is 2.09. The normalized spacial score (nSPS) is 13.8. The molecule has 100 valence electrons. The van der Waals surface area contributed by atoms with Crippen LogP contribution in [0.15, 0.2) is 28.7 Å². The van der Waals surface area contributed by atoms with Gasteiger partial charge in [0, 0.05) is 11.0 Å². The van der Waals surface area contributed by atoms with Crippen molar-refractivity contribution in [1.82, 2.24) is 5.32 Å². The number of hydrogen-bond donors (Lipinski definition) is 3. The van der Waals surface area contributed by atoms with E-state index in [2.05, 4.69) is 26.6 Å². The summed E-state index contributed by atoms with van der Waals surface area (Å²) in [5, 5.41) is 14.8. The Morgan fingerprint density at radius 2 is 2.06 bits per heavy atom. The lowest BCUT2D eigenvalue weighted by atomic mass is 10.1. The zero-order valence-corrected chi connectivity index (χ0v) is 12.2. The first-order chi connectivity index (χ1) is 8.49. The molecule has 3 N–H and O–H groups in total. The maximum atomic E-state index is 11.6. The lowest BCUT2D eigenvalue weighted by Gasteiger charge is -2.15. The number of amides is 2. The van der Waals surface area contributed by atoms with Crippen molar-refractivity contribution in [2.24, 2.45) is 5.92 Å². The molecular weight excluding hydrogens is 296 g/mol. The minimum atomic E-state index is -0.340. The quantitative estimate of drug-likeness (QED) is 0.782. The number of carbonyl (C=O) groups excluding carboxylic acids is 1. The van der Waals surface area contributed by atoms with E-state index in [-0.39, 0.29) is 18.1 Å². The van der Waals surface area contributed by atoms with E-state index in [4.69, 9.17) is 0 Å². The standard InChI is InChI=1S/C13H19BrN2O2/c1-9(7-10(2)17)8-15-13(18)16-12-6-4-3-5-11(12)14/h3-6,9-10,17H,7-8H2,1-2H3,(H2,15,16,18). The molecule has 0 saturated carbocycles. The maximum Gasteiger partial charge on any atom is 0.319 e. The zero-order valence-electron chi connectivity index (χ0n) is 10.6. The molecule has 0 fully saturated rings. The van der Waals surface area contributed by atoms with Crippen LogP contribution < -0.4 is 10.6 Å². The molecule has 1 rings (SSSR count). The summed E-state index contributed by atoms with van der Waals surface area (Å²) in [7, 11) is 0. The van der Waals surface area contributed by atoms with Gasteiger partial charge < -0.3 is 15.7 Å². The lowest BCUT2D eigenvalue weighted by molar-refractivity contribution is 0.163. The summed E-state index contributed by atoms with van der Waals surface area (Å²) in [5.74, 6) is 0.245. The Kier molecular flexibility index (Phi) is 6.15. The Hall–Kier alpha value is -1.07. The van der Waals surface area contributed by atoms with E-state index in [9.17, 15) is 9.90 Å². The average Bonchev–Trinajstić information content (AvgIpc) is 2.29. The van der Waals surface area contributed by atoms with Crippen molar-refractivity contribution in [3.05, 3.63) is 28.7 Å². The lowest BCUT2D eigenvalue weighted by Crippen LogP contribution is -2.33. The molecule has 0 aliphatic carbocycles. The Bertz CT molecular complexity index is 396. The monoisotopic (exact) mass is 314 g/mol. The summed E-state index contributed by atoms with van der Waals surface area (Å²) < 4.78 is 0.845. The van der Waals surface area contributed by atoms with E-state index in [1.165, 1.54) is 0 Å². The van der Waals surface area contributed by atoms with Crippen LogP contribution in [-0.2, 0) is 0 Å². The van der Waals surface area contributed by atoms with Gasteiger partial charge in [-0.1, -0.05) is 19.1 Å². The van der Waals surface area contributed by atoms with Gasteiger partial charge in [-0.3, -0.25) is 0 Å². The molecule has 2 unspecified atom stereocenters. The predicted octanol–water partition coefficient (Wildman–Crippen LogP) is 2.98. The zero-order chi connectivity index (χ0) is 13.5. The number of anilines is 1. The summed E-state index contributed by atoms with van der Waals surface area (Å²) in [6.07, 6.45) is 0.336. The predicted molar refractivity (Wildman–Crippen MR) is 76.6 cm³/mol. The van der Waals surface area contributed by atoms with Crippen molar-refractivity contribution in [3.8, 4) is 0 Å². The van der Waals surface area contributed by atoms with Crippen LogP contribution in [0.4, 0.5) is 10.5 Å². The van der Waals surface area contributed by atoms with Gasteiger partial charge in [0.15, 0.2) is 0 Å². The van der Waals surface area contributed by atoms with Gasteiger partial charge in [-0.25, -0.2) is 4.79 Å². The van der Waals surface area contributed by atoms with Crippen molar-refractivity contribution in [2.75, 3.05) is 11.9 Å². The van der Waals surface area contributed by atoms with Crippen LogP contribution in [-0.4, -0.2) is 23.8 Å². The largest absolute Gasteiger partial charge is 0.393 e. The van der Waals surface area contributed by atoms with E-state index < -0.39 is 0 Å². The Morgan fingerprint density at radius 1 is 1.39 bits per heavy atom. The second kappa shape index (κ2) is 7.38. The van der Waals surface area contributed by atoms with E-state index in [1.54, 1.807) is 6.92 Å². The molecule has 0 spiro atoms. The number of benzene rings is 1. The van der Waals surface area contributed by atoms with Gasteiger partial charge in [-0.2, -0.15) is 0 Å². The van der Waals surface area contributed by atoms with E-state index in [1.807, 2.05) is 31.2 Å². The van der Waals surface area contributed by atoms with Gasteiger partial charge in [0.05, 0.1) is 11.8 Å². The van der Waals surface area contributed by atoms with Crippen molar-refractivity contribution < 1.29 is 9.90 Å². The second-order valence-corrected chi connectivity index (χ2v) is 5.36. The van der Waals surface area contributed by atoms with Gasteiger partial charge in [-0.05, 0) is 47.3 Å². The maximum absolute atomic E-state index is 11.6. The van der Waals surface area contributed by atoms with Crippen LogP contribution in [0.1, 0.15) is 20.3 Å². The fourth-order valence-electron chi connectivity index (χ4n) is 1.66. The molecule has 1 aromatic carbocycles. The van der Waals surface area contributed by atoms with Crippen molar-refractivity contribution in [1.29, 1.82) is 0 Å². The third-order valence-electron chi connectivity index (χ3n) is 2.48. The Labute approximate surface area is 116 Å². The number of aliphatic hydroxyl groups is 1. The molecule has 0 aliphatic heterocycles. The summed E-state index contributed by atoms with van der Waals surface area (Å²) in [6.45, 7) is 4.28. The van der Waals surface area contributed by atoms with Crippen LogP contribution in [0, 0.1) is 5.92 Å². The van der Waals surface area contributed by atoms with Gasteiger partial charge in [-0.15, -0.1) is 0 Å². The molecule has 1 aromatic rings. The fraction of sp³-hybridized carbons (Fsp3) is 0.462. The molecule has 0 saturated heterocycles. The number of carbonyl (C=O) groups is 1. The minimum Gasteiger partial charge on any atom is -0.393 e. The van der Waals surface area contributed by atoms with Crippen molar-refractivity contribution >= 4 is 27.6 Å². The first-order valence-corrected chi connectivity index (χ1v) is 6.75. The number of nitrogens with one attached hydrogen (secondary N) is 2. The summed E-state index contributed by atoms with van der Waals surface area (Å²) >= 11 is 3.36. The minimum absolute atomic E-state index is 0.237. The molecule has 0 heterocycles. The molecular formula is C13H19BrN2O2. The number of aliphatic hydroxyl groups excluding tert-OH is 1. The Balaban J connectivity index is 2.36. The number of hydrogen-bond acceptors (Lipinski definition) is 2. The second-order valence-electron chi connectivity index (χ2n) is 4.50. The van der Waals surface area contributed by atoms with E-state index in [0.29, 0.717) is 13.0 Å². The van der Waals surface area contributed by atoms with Gasteiger partial charge in [0.2, 0.25) is 0 Å². The third kappa shape index (κ3) is 5.51. The van der Waals surface area contributed by atoms with E-state index >= 15 is 0 Å². The van der Waals surface area contributed by atoms with Crippen molar-refractivity contribution in [3.63, 3.8) is 0 Å². The smallest absolute Gasteiger partial charge is 0.319 e. The number of rotatable bonds is 5. The number of para-hydroxylation sites is 1. The molecule has 2 atom stereocenters. The van der Waals surface area contributed by atoms with Crippen LogP contribution in [0.3, 0.4) is 0 Å². The number of halogens is 1. The molecule has 0 aliphatic rings. The van der Waals surface area contributed by atoms with Gasteiger partial charge >= 0.3 is 6.03 Å². The van der Waals surface area contributed by atoms with Gasteiger partial charge in [0.25, 0.3) is 0 Å². The highest BCUT2D eigenvalue weighted by atomic mass is 79.9. The first kappa shape index (κ1) is 15.0. The topological polar surface area (TPSA) is 61.4 Å². The van der Waals surface area contributed by atoms with Crippen LogP contribution in [0.2, 0.25) is 0 Å². The SMILES string of the molecule is CC(O)CC(C)CNC(=O)Nc1ccccc1Br. The third-order valence-corrected chi connectivity index (χ3v) is 3.17. The highest BCUT2D eigenvalue weighted by molar-refractivity contribution is 9.10. The molecule has 5 heteroatoms. The van der Waals surface area contributed by atoms with E-state index in [0.717, 1.165) is 10.2 Å². The molecule has 0 radical (unpaired) electrons. The average molecular weight is 315 g/mol. The highest BCUT2D eigenvalue weighted by Crippen LogP contribution is 2.20. The summed E-state index contributed by atoms with van der Waals surface area (Å²) in [5.41, 5.74) is 0.734. The van der Waals surface area contributed by atoms with Crippen LogP contribution in [0.5, 0.6) is 0 Å². The first-order valence-electron chi connectivity index (χ1n) is 5.96. The molecule has 4 nitrogen and oxygen atoms in total. The van der Waals surface area contributed by atoms with Crippen molar-refractivity contribution in [2.45, 2.75) is 26.4 Å². The molecule has 2 amide bonds. The number of urea groups is 1. The van der Waals surface area contributed by atoms with Crippen LogP contribution >= 0.6 is 15.9 Å². The molecule has 0 bridgehead atoms. The fourth-order valence-corrected chi connectivity index (χ4v) is 2.05. The summed E-state index contributed by atoms with van der Waals surface area (Å²) in [6, 6.07) is 7.20. The molecule has 18 heavy (non-hydrogen) atoms.